The van der Waals surface area contributed by atoms with Gasteiger partial charge >= 0.3 is 12.1 Å². The Balaban J connectivity index is 1.87. The van der Waals surface area contributed by atoms with Crippen molar-refractivity contribution in [1.29, 1.82) is 0 Å². The lowest BCUT2D eigenvalue weighted by Gasteiger charge is -2.24. The number of carbonyl (C=O) groups excluding carboxylic acids is 2. The first-order valence-corrected chi connectivity index (χ1v) is 11.7. The number of anilines is 4. The second-order valence-corrected chi connectivity index (χ2v) is 9.70. The number of rotatable bonds is 5. The standard InChI is InChI=1S/C26H28Cl2N4O2/c1-5-21-22(31-24(33)29-19-10-6-17(27)7-11-19)14-16(26(2,3)4)15-23(21)32-25(34)30-20-12-8-18(28)9-13-20/h6-15H,5H2,1-4H3,(H2,29,31,33)(H2,30,32,34). The lowest BCUT2D eigenvalue weighted by atomic mass is 9.85. The van der Waals surface area contributed by atoms with Gasteiger partial charge in [-0.05, 0) is 83.6 Å². The van der Waals surface area contributed by atoms with Crippen molar-refractivity contribution in [2.24, 2.45) is 0 Å². The predicted molar refractivity (Wildman–Crippen MR) is 143 cm³/mol. The second kappa shape index (κ2) is 10.8. The molecule has 0 aromatic heterocycles. The number of carbonyl (C=O) groups is 2. The number of benzene rings is 3. The number of hydrogen-bond donors (Lipinski definition) is 4. The van der Waals surface area contributed by atoms with Crippen molar-refractivity contribution in [3.63, 3.8) is 0 Å². The zero-order valence-electron chi connectivity index (χ0n) is 19.6. The molecule has 8 heteroatoms. The highest BCUT2D eigenvalue weighted by molar-refractivity contribution is 6.31. The van der Waals surface area contributed by atoms with Gasteiger partial charge in [-0.25, -0.2) is 9.59 Å². The van der Waals surface area contributed by atoms with E-state index in [1.165, 1.54) is 0 Å². The summed E-state index contributed by atoms with van der Waals surface area (Å²) in [7, 11) is 0. The second-order valence-electron chi connectivity index (χ2n) is 8.83. The number of amides is 4. The van der Waals surface area contributed by atoms with Crippen LogP contribution in [-0.2, 0) is 11.8 Å². The van der Waals surface area contributed by atoms with E-state index < -0.39 is 0 Å². The van der Waals surface area contributed by atoms with Crippen molar-refractivity contribution in [2.45, 2.75) is 39.5 Å². The molecule has 0 radical (unpaired) electrons. The smallest absolute Gasteiger partial charge is 0.308 e. The van der Waals surface area contributed by atoms with Gasteiger partial charge in [0, 0.05) is 32.8 Å². The summed E-state index contributed by atoms with van der Waals surface area (Å²) in [4.78, 5) is 25.5. The molecule has 0 aliphatic carbocycles. The van der Waals surface area contributed by atoms with E-state index in [0.29, 0.717) is 39.2 Å². The Kier molecular flexibility index (Phi) is 8.07. The van der Waals surface area contributed by atoms with Crippen molar-refractivity contribution in [3.8, 4) is 0 Å². The van der Waals surface area contributed by atoms with Crippen molar-refractivity contribution >= 4 is 58.0 Å². The van der Waals surface area contributed by atoms with Crippen LogP contribution < -0.4 is 21.3 Å². The molecule has 3 rings (SSSR count). The Hall–Kier alpha value is -3.22. The van der Waals surface area contributed by atoms with E-state index >= 15 is 0 Å². The van der Waals surface area contributed by atoms with Gasteiger partial charge in [0.2, 0.25) is 0 Å². The van der Waals surface area contributed by atoms with Crippen LogP contribution in [0.2, 0.25) is 10.0 Å². The largest absolute Gasteiger partial charge is 0.323 e. The molecule has 0 saturated heterocycles. The minimum atomic E-state index is -0.389. The van der Waals surface area contributed by atoms with Gasteiger partial charge in [0.05, 0.1) is 0 Å². The molecule has 0 heterocycles. The van der Waals surface area contributed by atoms with Gasteiger partial charge in [-0.15, -0.1) is 0 Å². The van der Waals surface area contributed by atoms with Crippen molar-refractivity contribution in [2.75, 3.05) is 21.3 Å². The lowest BCUT2D eigenvalue weighted by molar-refractivity contribution is 0.261. The maximum atomic E-state index is 12.7. The number of urea groups is 2. The van der Waals surface area contributed by atoms with Crippen molar-refractivity contribution < 1.29 is 9.59 Å². The summed E-state index contributed by atoms with van der Waals surface area (Å²) in [5.74, 6) is 0. The van der Waals surface area contributed by atoms with Crippen LogP contribution in [-0.4, -0.2) is 12.1 Å². The van der Waals surface area contributed by atoms with Gasteiger partial charge < -0.3 is 21.3 Å². The fourth-order valence-corrected chi connectivity index (χ4v) is 3.60. The summed E-state index contributed by atoms with van der Waals surface area (Å²) in [5, 5.41) is 12.7. The van der Waals surface area contributed by atoms with Crippen LogP contribution in [0.3, 0.4) is 0 Å². The molecule has 0 aliphatic heterocycles. The van der Waals surface area contributed by atoms with E-state index in [9.17, 15) is 9.59 Å². The number of hydrogen-bond acceptors (Lipinski definition) is 2. The molecule has 34 heavy (non-hydrogen) atoms. The van der Waals surface area contributed by atoms with Gasteiger partial charge in [-0.1, -0.05) is 50.9 Å². The Morgan fingerprint density at radius 2 is 1.09 bits per heavy atom. The van der Waals surface area contributed by atoms with Crippen LogP contribution in [0.1, 0.15) is 38.8 Å². The fraction of sp³-hybridized carbons (Fsp3) is 0.231. The van der Waals surface area contributed by atoms with Crippen LogP contribution in [0.25, 0.3) is 0 Å². The summed E-state index contributed by atoms with van der Waals surface area (Å²) in [5.41, 5.74) is 4.06. The van der Waals surface area contributed by atoms with E-state index in [-0.39, 0.29) is 17.5 Å². The van der Waals surface area contributed by atoms with Gasteiger partial charge in [-0.3, -0.25) is 0 Å². The molecule has 0 bridgehead atoms. The summed E-state index contributed by atoms with van der Waals surface area (Å²) in [6.45, 7) is 8.19. The highest BCUT2D eigenvalue weighted by atomic mass is 35.5. The monoisotopic (exact) mass is 498 g/mol. The molecule has 3 aromatic carbocycles. The molecule has 0 atom stereocenters. The van der Waals surface area contributed by atoms with Crippen LogP contribution in [0.4, 0.5) is 32.3 Å². The molecule has 0 fully saturated rings. The fourth-order valence-electron chi connectivity index (χ4n) is 3.34. The number of halogens is 2. The Labute approximate surface area is 210 Å². The quantitative estimate of drug-likeness (QED) is 0.286. The molecule has 4 N–H and O–H groups in total. The minimum Gasteiger partial charge on any atom is -0.308 e. The lowest BCUT2D eigenvalue weighted by Crippen LogP contribution is -2.24. The maximum absolute atomic E-state index is 12.7. The molecule has 0 spiro atoms. The van der Waals surface area contributed by atoms with Gasteiger partial charge in [0.25, 0.3) is 0 Å². The molecular weight excluding hydrogens is 471 g/mol. The van der Waals surface area contributed by atoms with Crippen LogP contribution >= 0.6 is 23.2 Å². The van der Waals surface area contributed by atoms with Crippen LogP contribution in [0.5, 0.6) is 0 Å². The van der Waals surface area contributed by atoms with Gasteiger partial charge in [-0.2, -0.15) is 0 Å². The first-order valence-electron chi connectivity index (χ1n) is 10.9. The third-order valence-electron chi connectivity index (χ3n) is 5.17. The molecule has 3 aromatic rings. The third-order valence-corrected chi connectivity index (χ3v) is 5.67. The third kappa shape index (κ3) is 6.89. The molecular formula is C26H28Cl2N4O2. The predicted octanol–water partition coefficient (Wildman–Crippen LogP) is 8.14. The van der Waals surface area contributed by atoms with Crippen molar-refractivity contribution in [1.82, 2.24) is 0 Å². The normalized spacial score (nSPS) is 11.0. The van der Waals surface area contributed by atoms with E-state index in [4.69, 9.17) is 23.2 Å². The SMILES string of the molecule is CCc1c(NC(=O)Nc2ccc(Cl)cc2)cc(C(C)(C)C)cc1NC(=O)Nc1ccc(Cl)cc1. The Morgan fingerprint density at radius 3 is 1.41 bits per heavy atom. The zero-order valence-corrected chi connectivity index (χ0v) is 21.1. The first-order chi connectivity index (χ1) is 16.0. The zero-order chi connectivity index (χ0) is 24.9. The average Bonchev–Trinajstić information content (AvgIpc) is 2.76. The van der Waals surface area contributed by atoms with E-state index in [0.717, 1.165) is 11.1 Å². The first kappa shape index (κ1) is 25.4. The molecule has 0 unspecified atom stereocenters. The number of nitrogens with one attached hydrogen (secondary N) is 4. The van der Waals surface area contributed by atoms with E-state index in [1.54, 1.807) is 48.5 Å². The average molecular weight is 499 g/mol. The van der Waals surface area contributed by atoms with Gasteiger partial charge in [0.1, 0.15) is 0 Å². The van der Waals surface area contributed by atoms with Gasteiger partial charge in [0.15, 0.2) is 0 Å². The Morgan fingerprint density at radius 1 is 0.706 bits per heavy atom. The summed E-state index contributed by atoms with van der Waals surface area (Å²) in [6, 6.07) is 16.8. The molecule has 4 amide bonds. The summed E-state index contributed by atoms with van der Waals surface area (Å²) >= 11 is 11.8. The van der Waals surface area contributed by atoms with Crippen LogP contribution in [0.15, 0.2) is 60.7 Å². The minimum absolute atomic E-state index is 0.210. The summed E-state index contributed by atoms with van der Waals surface area (Å²) in [6.07, 6.45) is 0.595. The van der Waals surface area contributed by atoms with E-state index in [2.05, 4.69) is 42.0 Å². The Bertz CT molecular complexity index is 1090. The summed E-state index contributed by atoms with van der Waals surface area (Å²) < 4.78 is 0. The molecule has 178 valence electrons. The van der Waals surface area contributed by atoms with Crippen LogP contribution in [0, 0.1) is 0 Å². The van der Waals surface area contributed by atoms with E-state index in [1.807, 2.05) is 19.1 Å². The molecule has 6 nitrogen and oxygen atoms in total. The maximum Gasteiger partial charge on any atom is 0.323 e. The highest BCUT2D eigenvalue weighted by Crippen LogP contribution is 2.34. The molecule has 0 aliphatic rings. The van der Waals surface area contributed by atoms with Crippen molar-refractivity contribution in [3.05, 3.63) is 81.8 Å². The highest BCUT2D eigenvalue weighted by Gasteiger charge is 2.20. The topological polar surface area (TPSA) is 82.3 Å². The molecule has 0 saturated carbocycles.